The van der Waals surface area contributed by atoms with E-state index in [1.807, 2.05) is 0 Å². The first-order valence-corrected chi connectivity index (χ1v) is 4.65. The molecule has 2 fully saturated rings. The van der Waals surface area contributed by atoms with Gasteiger partial charge < -0.3 is 4.74 Å². The summed E-state index contributed by atoms with van der Waals surface area (Å²) >= 11 is 0. The highest BCUT2D eigenvalue weighted by molar-refractivity contribution is 4.87. The van der Waals surface area contributed by atoms with E-state index in [0.717, 1.165) is 5.92 Å². The van der Waals surface area contributed by atoms with Crippen molar-refractivity contribution in [1.82, 2.24) is 0 Å². The number of allylic oxidation sites excluding steroid dienone is 1. The normalized spacial score (nSPS) is 42.4. The zero-order valence-electron chi connectivity index (χ0n) is 6.96. The molecule has 2 rings (SSSR count). The maximum atomic E-state index is 5.74. The fourth-order valence-electron chi connectivity index (χ4n) is 2.39. The van der Waals surface area contributed by atoms with Crippen LogP contribution < -0.4 is 0 Å². The quantitative estimate of drug-likeness (QED) is 0.552. The van der Waals surface area contributed by atoms with Crippen molar-refractivity contribution in [3.8, 4) is 0 Å². The van der Waals surface area contributed by atoms with Crippen LogP contribution in [0.2, 0.25) is 0 Å². The molecule has 1 heteroatoms. The van der Waals surface area contributed by atoms with Crippen molar-refractivity contribution in [2.24, 2.45) is 5.92 Å². The van der Waals surface area contributed by atoms with Crippen LogP contribution in [0.4, 0.5) is 0 Å². The lowest BCUT2D eigenvalue weighted by Crippen LogP contribution is -2.24. The van der Waals surface area contributed by atoms with Crippen LogP contribution >= 0.6 is 0 Å². The minimum atomic E-state index is 0.596. The van der Waals surface area contributed by atoms with Crippen LogP contribution in [-0.4, -0.2) is 12.2 Å². The summed E-state index contributed by atoms with van der Waals surface area (Å²) in [6, 6.07) is 0. The van der Waals surface area contributed by atoms with Crippen LogP contribution in [0.15, 0.2) is 12.7 Å². The molecule has 0 aromatic carbocycles. The van der Waals surface area contributed by atoms with Gasteiger partial charge in [-0.1, -0.05) is 6.08 Å². The van der Waals surface area contributed by atoms with E-state index in [4.69, 9.17) is 4.74 Å². The van der Waals surface area contributed by atoms with Gasteiger partial charge in [0, 0.05) is 0 Å². The van der Waals surface area contributed by atoms with E-state index in [-0.39, 0.29) is 0 Å². The maximum absolute atomic E-state index is 5.74. The van der Waals surface area contributed by atoms with Crippen LogP contribution in [0.25, 0.3) is 0 Å². The number of ether oxygens (including phenoxy) is 1. The van der Waals surface area contributed by atoms with Crippen molar-refractivity contribution in [3.05, 3.63) is 12.7 Å². The summed E-state index contributed by atoms with van der Waals surface area (Å²) in [4.78, 5) is 0. The smallest absolute Gasteiger partial charge is 0.0582 e. The van der Waals surface area contributed by atoms with Crippen molar-refractivity contribution in [2.45, 2.75) is 44.3 Å². The Morgan fingerprint density at radius 3 is 2.45 bits per heavy atom. The summed E-state index contributed by atoms with van der Waals surface area (Å²) < 4.78 is 5.74. The molecule has 0 aromatic heterocycles. The first-order chi connectivity index (χ1) is 5.38. The van der Waals surface area contributed by atoms with Crippen molar-refractivity contribution in [1.29, 1.82) is 0 Å². The van der Waals surface area contributed by atoms with E-state index in [9.17, 15) is 0 Å². The number of rotatable bonds is 2. The summed E-state index contributed by atoms with van der Waals surface area (Å²) in [7, 11) is 0. The average Bonchev–Trinajstić information content (AvgIpc) is 2.32. The van der Waals surface area contributed by atoms with Crippen LogP contribution in [0, 0.1) is 5.92 Å². The Morgan fingerprint density at radius 2 is 1.91 bits per heavy atom. The summed E-state index contributed by atoms with van der Waals surface area (Å²) in [5, 5.41) is 0. The summed E-state index contributed by atoms with van der Waals surface area (Å²) in [5.74, 6) is 0.874. The molecule has 0 saturated carbocycles. The Bertz CT molecular complexity index is 141. The zero-order valence-corrected chi connectivity index (χ0v) is 6.96. The molecule has 0 N–H and O–H groups in total. The molecular weight excluding hydrogens is 136 g/mol. The molecular formula is C10H16O. The molecule has 1 nitrogen and oxygen atoms in total. The third-order valence-corrected chi connectivity index (χ3v) is 2.89. The predicted molar refractivity (Wildman–Crippen MR) is 45.4 cm³/mol. The van der Waals surface area contributed by atoms with Crippen LogP contribution in [0.5, 0.6) is 0 Å². The third-order valence-electron chi connectivity index (χ3n) is 2.89. The van der Waals surface area contributed by atoms with Crippen LogP contribution in [0.1, 0.15) is 32.1 Å². The molecule has 2 aliphatic rings. The minimum Gasteiger partial charge on any atom is -0.375 e. The van der Waals surface area contributed by atoms with E-state index in [1.165, 1.54) is 32.1 Å². The molecule has 0 amide bonds. The van der Waals surface area contributed by atoms with Gasteiger partial charge in [-0.05, 0) is 38.0 Å². The molecule has 62 valence electrons. The molecule has 0 spiro atoms. The number of hydrogen-bond donors (Lipinski definition) is 0. The lowest BCUT2D eigenvalue weighted by molar-refractivity contribution is -0.0184. The van der Waals surface area contributed by atoms with E-state index in [1.54, 1.807) is 0 Å². The van der Waals surface area contributed by atoms with Crippen molar-refractivity contribution in [3.63, 3.8) is 0 Å². The Hall–Kier alpha value is -0.300. The van der Waals surface area contributed by atoms with E-state index < -0.39 is 0 Å². The maximum Gasteiger partial charge on any atom is 0.0582 e. The summed E-state index contributed by atoms with van der Waals surface area (Å²) in [6.45, 7) is 3.78. The summed E-state index contributed by atoms with van der Waals surface area (Å²) in [6.07, 6.45) is 9.60. The highest BCUT2D eigenvalue weighted by Gasteiger charge is 2.33. The SMILES string of the molecule is C=CCC1CC2CCC(C1)O2. The first-order valence-electron chi connectivity index (χ1n) is 4.65. The standard InChI is InChI=1S/C10H16O/c1-2-3-8-6-9-4-5-10(7-8)11-9/h2,8-10H,1,3-7H2. The third kappa shape index (κ3) is 1.48. The molecule has 0 radical (unpaired) electrons. The fraction of sp³-hybridized carbons (Fsp3) is 0.800. The van der Waals surface area contributed by atoms with Gasteiger partial charge in [-0.15, -0.1) is 6.58 Å². The van der Waals surface area contributed by atoms with E-state index in [2.05, 4.69) is 12.7 Å². The van der Waals surface area contributed by atoms with Gasteiger partial charge in [0.05, 0.1) is 12.2 Å². The second kappa shape index (κ2) is 2.98. The molecule has 2 heterocycles. The molecule has 0 aliphatic carbocycles. The average molecular weight is 152 g/mol. The van der Waals surface area contributed by atoms with Crippen LogP contribution in [-0.2, 0) is 4.74 Å². The predicted octanol–water partition coefficient (Wildman–Crippen LogP) is 2.52. The van der Waals surface area contributed by atoms with Gasteiger partial charge in [0.1, 0.15) is 0 Å². The Kier molecular flexibility index (Phi) is 1.99. The van der Waals surface area contributed by atoms with Gasteiger partial charge in [-0.25, -0.2) is 0 Å². The first kappa shape index (κ1) is 7.35. The van der Waals surface area contributed by atoms with Gasteiger partial charge in [0.25, 0.3) is 0 Å². The molecule has 2 bridgehead atoms. The lowest BCUT2D eigenvalue weighted by atomic mass is 9.93. The van der Waals surface area contributed by atoms with Crippen molar-refractivity contribution < 1.29 is 4.74 Å². The van der Waals surface area contributed by atoms with Gasteiger partial charge in [0.2, 0.25) is 0 Å². The summed E-state index contributed by atoms with van der Waals surface area (Å²) in [5.41, 5.74) is 0. The van der Waals surface area contributed by atoms with Gasteiger partial charge in [-0.3, -0.25) is 0 Å². The molecule has 11 heavy (non-hydrogen) atoms. The van der Waals surface area contributed by atoms with E-state index in [0.29, 0.717) is 12.2 Å². The largest absolute Gasteiger partial charge is 0.375 e. The molecule has 2 saturated heterocycles. The highest BCUT2D eigenvalue weighted by atomic mass is 16.5. The van der Waals surface area contributed by atoms with Gasteiger partial charge >= 0.3 is 0 Å². The molecule has 2 unspecified atom stereocenters. The van der Waals surface area contributed by atoms with Crippen LogP contribution in [0.3, 0.4) is 0 Å². The van der Waals surface area contributed by atoms with Gasteiger partial charge in [0.15, 0.2) is 0 Å². The molecule has 2 aliphatic heterocycles. The topological polar surface area (TPSA) is 9.23 Å². The Morgan fingerprint density at radius 1 is 1.27 bits per heavy atom. The number of hydrogen-bond acceptors (Lipinski definition) is 1. The second-order valence-electron chi connectivity index (χ2n) is 3.82. The van der Waals surface area contributed by atoms with Gasteiger partial charge in [-0.2, -0.15) is 0 Å². The van der Waals surface area contributed by atoms with Crippen molar-refractivity contribution in [2.75, 3.05) is 0 Å². The Balaban J connectivity index is 1.91. The second-order valence-corrected chi connectivity index (χ2v) is 3.82. The molecule has 2 atom stereocenters. The van der Waals surface area contributed by atoms with Crippen molar-refractivity contribution >= 4 is 0 Å². The fourth-order valence-corrected chi connectivity index (χ4v) is 2.39. The minimum absolute atomic E-state index is 0.596. The lowest BCUT2D eigenvalue weighted by Gasteiger charge is -2.27. The number of fused-ring (bicyclic) bond motifs is 2. The highest BCUT2D eigenvalue weighted by Crippen LogP contribution is 2.37. The Labute approximate surface area is 68.4 Å². The molecule has 0 aromatic rings. The zero-order chi connectivity index (χ0) is 7.68. The van der Waals surface area contributed by atoms with E-state index >= 15 is 0 Å². The monoisotopic (exact) mass is 152 g/mol.